The Kier molecular flexibility index (Phi) is 27.2. The first-order valence-electron chi connectivity index (χ1n) is 28.5. The highest BCUT2D eigenvalue weighted by molar-refractivity contribution is 5.99. The van der Waals surface area contributed by atoms with Gasteiger partial charge in [-0.3, -0.25) is 33.8 Å². The zero-order valence-electron chi connectivity index (χ0n) is 49.3. The topological polar surface area (TPSA) is 277 Å². The van der Waals surface area contributed by atoms with Crippen LogP contribution in [0.4, 0.5) is 10.5 Å². The first-order valence-corrected chi connectivity index (χ1v) is 28.5. The highest BCUT2D eigenvalue weighted by Gasteiger charge is 2.32. The van der Waals surface area contributed by atoms with Crippen molar-refractivity contribution in [3.8, 4) is 17.2 Å². The van der Waals surface area contributed by atoms with E-state index < -0.39 is 65.6 Å². The number of aromatic nitrogens is 1. The Morgan fingerprint density at radius 1 is 0.667 bits per heavy atom. The molecule has 0 fully saturated rings. The van der Waals surface area contributed by atoms with Crippen LogP contribution in [0.3, 0.4) is 0 Å². The lowest BCUT2D eigenvalue weighted by atomic mass is 9.94. The molecule has 81 heavy (non-hydrogen) atoms. The minimum absolute atomic E-state index is 0.0272. The summed E-state index contributed by atoms with van der Waals surface area (Å²) in [6.45, 7) is 19.8. The van der Waals surface area contributed by atoms with E-state index in [0.29, 0.717) is 75.4 Å². The van der Waals surface area contributed by atoms with Crippen molar-refractivity contribution in [2.24, 2.45) is 11.8 Å². The maximum Gasteiger partial charge on any atom is 0.407 e. The van der Waals surface area contributed by atoms with Crippen LogP contribution >= 0.6 is 0 Å². The molecule has 4 rings (SSSR count). The largest absolute Gasteiger partial charge is 0.497 e. The fraction of sp³-hybridized carbons (Fsp3) is 0.541. The van der Waals surface area contributed by atoms with E-state index in [2.05, 4.69) is 47.5 Å². The number of hydrogen-bond acceptors (Lipinski definition) is 13. The van der Waals surface area contributed by atoms with Gasteiger partial charge in [-0.15, -0.1) is 0 Å². The Labute approximate surface area is 478 Å². The molecule has 444 valence electrons. The molecule has 0 aliphatic carbocycles. The van der Waals surface area contributed by atoms with Gasteiger partial charge in [0.2, 0.25) is 23.6 Å². The number of benzene rings is 3. The molecule has 1 aromatic heterocycles. The van der Waals surface area contributed by atoms with Gasteiger partial charge in [0.15, 0.2) is 0 Å². The molecule has 0 saturated carbocycles. The van der Waals surface area contributed by atoms with E-state index in [4.69, 9.17) is 14.2 Å². The molecule has 7 amide bonds. The van der Waals surface area contributed by atoms with Gasteiger partial charge in [-0.1, -0.05) is 53.5 Å². The van der Waals surface area contributed by atoms with Crippen molar-refractivity contribution >= 4 is 58.1 Å². The van der Waals surface area contributed by atoms with Crippen LogP contribution in [-0.4, -0.2) is 120 Å². The molecule has 1 heterocycles. The number of carbonyl (C=O) groups is 7. The summed E-state index contributed by atoms with van der Waals surface area (Å²) in [7, 11) is 1.62. The smallest absolute Gasteiger partial charge is 0.407 e. The van der Waals surface area contributed by atoms with Crippen LogP contribution in [-0.2, 0) is 23.9 Å². The highest BCUT2D eigenvalue weighted by atomic mass is 16.6. The molecule has 9 N–H and O–H groups in total. The van der Waals surface area contributed by atoms with Crippen LogP contribution in [0, 0.1) is 11.8 Å². The number of methoxy groups -OCH3 is 1. The molecule has 20 heteroatoms. The van der Waals surface area contributed by atoms with Crippen LogP contribution in [0.5, 0.6) is 17.2 Å². The second-order valence-electron chi connectivity index (χ2n) is 22.1. The zero-order chi connectivity index (χ0) is 59.6. The predicted octanol–water partition coefficient (Wildman–Crippen LogP) is 8.07. The van der Waals surface area contributed by atoms with Gasteiger partial charge < -0.3 is 61.9 Å². The number of amides is 7. The van der Waals surface area contributed by atoms with Crippen molar-refractivity contribution in [1.82, 2.24) is 42.2 Å². The molecule has 4 aromatic rings. The van der Waals surface area contributed by atoms with Crippen LogP contribution in [0.15, 0.2) is 79.0 Å². The lowest BCUT2D eigenvalue weighted by molar-refractivity contribution is -0.129. The number of anilines is 1. The molecule has 7 atom stereocenters. The molecule has 1 unspecified atom stereocenters. The number of rotatable bonds is 33. The summed E-state index contributed by atoms with van der Waals surface area (Å²) in [4.78, 5) is 97.2. The summed E-state index contributed by atoms with van der Waals surface area (Å²) in [5.41, 5.74) is 1.54. The Hall–Kier alpha value is -7.48. The quantitative estimate of drug-likeness (QED) is 0.0204. The number of unbranched alkanes of at least 4 members (excludes halogenated alkanes) is 2. The van der Waals surface area contributed by atoms with E-state index in [0.717, 1.165) is 29.4 Å². The molecule has 20 nitrogen and oxygen atoms in total. The lowest BCUT2D eigenvalue weighted by Crippen LogP contribution is -2.55. The highest BCUT2D eigenvalue weighted by Crippen LogP contribution is 2.29. The number of pyridine rings is 1. The molecule has 0 bridgehead atoms. The number of nitrogens with one attached hydrogen (secondary N) is 8. The van der Waals surface area contributed by atoms with Crippen molar-refractivity contribution in [3.63, 3.8) is 0 Å². The van der Waals surface area contributed by atoms with E-state index in [1.807, 2.05) is 65.8 Å². The van der Waals surface area contributed by atoms with Crippen LogP contribution in [0.25, 0.3) is 10.9 Å². The minimum atomic E-state index is -1.12. The zero-order valence-corrected chi connectivity index (χ0v) is 49.3. The number of carbonyl (C=O) groups excluding carboxylic acids is 7. The molecule has 0 radical (unpaired) electrons. The number of aliphatic hydroxyl groups excluding tert-OH is 1. The second kappa shape index (κ2) is 33.3. The summed E-state index contributed by atoms with van der Waals surface area (Å²) < 4.78 is 16.8. The molecule has 3 aromatic carbocycles. The predicted molar refractivity (Wildman–Crippen MR) is 314 cm³/mol. The fourth-order valence-electron chi connectivity index (χ4n) is 8.68. The normalized spacial score (nSPS) is 13.9. The Morgan fingerprint density at radius 2 is 1.30 bits per heavy atom. The van der Waals surface area contributed by atoms with Gasteiger partial charge in [0.05, 0.1) is 36.9 Å². The van der Waals surface area contributed by atoms with E-state index in [1.165, 1.54) is 19.1 Å². The van der Waals surface area contributed by atoms with E-state index in [9.17, 15) is 38.7 Å². The third-order valence-electron chi connectivity index (χ3n) is 13.4. The Balaban J connectivity index is 1.31. The number of alkyl carbamates (subject to hydrolysis) is 1. The van der Waals surface area contributed by atoms with Crippen molar-refractivity contribution in [2.45, 2.75) is 175 Å². The monoisotopic (exact) mass is 1120 g/mol. The van der Waals surface area contributed by atoms with Gasteiger partial charge >= 0.3 is 6.09 Å². The lowest BCUT2D eigenvalue weighted by Gasteiger charge is -2.30. The first-order chi connectivity index (χ1) is 38.5. The number of nitrogens with zero attached hydrogens (tertiary/aromatic N) is 1. The standard InChI is InChI=1S/C61H89N9O11/c1-12-14-30-62-52(72)37-51(71)49(34-38(3)4)69-59(77)53(39(5)13-2)70-57(75)43-24-28-46(29-25-43)80-45-26-22-42(23-27-45)56(74)67-41(7)55(73)68-48(21-15-16-31-65-60(78)81-61(8,9)10)58(76)64-33-17-19-40(6)66-50-36-47(79-11)35-44-20-18-32-63-54(44)50/h18,20,22-29,32,35-36,38-41,48-49,51,53,66,71H,12-17,19,21,30-31,33-34,37H2,1-11H3,(H,62,72)(H,64,76)(H,65,78)(H,67,74)(H,68,73)(H,69,77)(H,70,75)/t39-,40?,41-,48-,49-,51-,53-/m0/s1. The fourth-order valence-corrected chi connectivity index (χ4v) is 8.68. The van der Waals surface area contributed by atoms with Crippen molar-refractivity contribution in [1.29, 1.82) is 0 Å². The Bertz CT molecular complexity index is 2660. The summed E-state index contributed by atoms with van der Waals surface area (Å²) in [5.74, 6) is -1.34. The van der Waals surface area contributed by atoms with Gasteiger partial charge in [-0.2, -0.15) is 0 Å². The van der Waals surface area contributed by atoms with Gasteiger partial charge in [0, 0.05) is 54.5 Å². The maximum absolute atomic E-state index is 13.7. The molecule has 0 aliphatic heterocycles. The minimum Gasteiger partial charge on any atom is -0.497 e. The van der Waals surface area contributed by atoms with Gasteiger partial charge in [-0.25, -0.2) is 4.79 Å². The summed E-state index contributed by atoms with van der Waals surface area (Å²) >= 11 is 0. The van der Waals surface area contributed by atoms with Crippen molar-refractivity contribution < 1.29 is 52.9 Å². The molecular formula is C61H89N9O11. The molecule has 0 aliphatic rings. The number of fused-ring (bicyclic) bond motifs is 1. The molecule has 0 spiro atoms. The average Bonchev–Trinajstić information content (AvgIpc) is 3.42. The van der Waals surface area contributed by atoms with E-state index >= 15 is 0 Å². The van der Waals surface area contributed by atoms with Crippen molar-refractivity contribution in [2.75, 3.05) is 32.1 Å². The third-order valence-corrected chi connectivity index (χ3v) is 13.4. The summed E-state index contributed by atoms with van der Waals surface area (Å²) in [5, 5.41) is 35.3. The van der Waals surface area contributed by atoms with Gasteiger partial charge in [0.25, 0.3) is 11.8 Å². The Morgan fingerprint density at radius 3 is 1.90 bits per heavy atom. The SMILES string of the molecule is CCCCNC(=O)C[C@H](O)[C@H](CC(C)C)NC(=O)[C@@H](NC(=O)c1ccc(Oc2ccc(C(=O)N[C@@H](C)C(=O)N[C@@H](CCCCNC(=O)OC(C)(C)C)C(=O)NCCCC(C)Nc3cc(OC)cc4cccnc34)cc2)cc1)[C@@H](C)CC. The molecular weight excluding hydrogens is 1030 g/mol. The second-order valence-corrected chi connectivity index (χ2v) is 22.1. The van der Waals surface area contributed by atoms with Crippen LogP contribution < -0.4 is 52.0 Å². The number of ether oxygens (including phenoxy) is 3. The number of aliphatic hydroxyl groups is 1. The van der Waals surface area contributed by atoms with Gasteiger partial charge in [0.1, 0.15) is 41.0 Å². The van der Waals surface area contributed by atoms with Crippen LogP contribution in [0.2, 0.25) is 0 Å². The van der Waals surface area contributed by atoms with E-state index in [1.54, 1.807) is 70.5 Å². The van der Waals surface area contributed by atoms with E-state index in [-0.39, 0.29) is 53.7 Å². The molecule has 0 saturated heterocycles. The maximum atomic E-state index is 13.7. The third kappa shape index (κ3) is 23.3. The van der Waals surface area contributed by atoms with Crippen molar-refractivity contribution in [3.05, 3.63) is 90.1 Å². The summed E-state index contributed by atoms with van der Waals surface area (Å²) in [6, 6.07) is 16.7. The summed E-state index contributed by atoms with van der Waals surface area (Å²) in [6.07, 6.45) is 5.30. The van der Waals surface area contributed by atoms with Gasteiger partial charge in [-0.05, 0) is 152 Å². The first kappa shape index (κ1) is 66.0. The number of hydrogen-bond donors (Lipinski definition) is 9. The average molecular weight is 1120 g/mol. The van der Waals surface area contributed by atoms with Crippen LogP contribution in [0.1, 0.15) is 154 Å².